The molecule has 1 aromatic heterocycles. The minimum Gasteiger partial charge on any atom is -0.494 e. The second kappa shape index (κ2) is 3.38. The van der Waals surface area contributed by atoms with Crippen molar-refractivity contribution in [2.45, 2.75) is 6.92 Å². The summed E-state index contributed by atoms with van der Waals surface area (Å²) in [7, 11) is 1.41. The van der Waals surface area contributed by atoms with Gasteiger partial charge in [-0.1, -0.05) is 0 Å². The van der Waals surface area contributed by atoms with Crippen molar-refractivity contribution in [2.24, 2.45) is 0 Å². The summed E-state index contributed by atoms with van der Waals surface area (Å²) in [5.74, 6) is -0.261. The predicted octanol–water partition coefficient (Wildman–Crippen LogP) is 2.27. The largest absolute Gasteiger partial charge is 0.494 e. The number of rotatable bonds is 1. The molecule has 15 heavy (non-hydrogen) atoms. The highest BCUT2D eigenvalue weighted by Gasteiger charge is 2.13. The van der Waals surface area contributed by atoms with Gasteiger partial charge in [-0.2, -0.15) is 0 Å². The Hall–Kier alpha value is -1.84. The number of benzene rings is 1. The van der Waals surface area contributed by atoms with Crippen LogP contribution >= 0.6 is 0 Å². The highest BCUT2D eigenvalue weighted by molar-refractivity contribution is 5.93. The van der Waals surface area contributed by atoms with E-state index in [0.29, 0.717) is 16.6 Å². The van der Waals surface area contributed by atoms with Crippen molar-refractivity contribution in [3.05, 3.63) is 29.7 Å². The monoisotopic (exact) mass is 206 g/mol. The summed E-state index contributed by atoms with van der Waals surface area (Å²) in [5.41, 5.74) is 7.46. The van der Waals surface area contributed by atoms with Gasteiger partial charge in [-0.25, -0.2) is 4.39 Å². The van der Waals surface area contributed by atoms with Gasteiger partial charge in [0.25, 0.3) is 0 Å². The Morgan fingerprint density at radius 2 is 2.20 bits per heavy atom. The van der Waals surface area contributed by atoms with Crippen molar-refractivity contribution in [3.63, 3.8) is 0 Å². The molecule has 2 rings (SSSR count). The van der Waals surface area contributed by atoms with Crippen LogP contribution in [-0.4, -0.2) is 12.1 Å². The van der Waals surface area contributed by atoms with Crippen LogP contribution in [0.2, 0.25) is 0 Å². The van der Waals surface area contributed by atoms with Crippen LogP contribution in [0.4, 0.5) is 10.1 Å². The Balaban J connectivity index is 2.95. The number of aryl methyl sites for hydroxylation is 1. The molecule has 0 atom stereocenters. The maximum atomic E-state index is 13.9. The molecule has 1 aromatic carbocycles. The van der Waals surface area contributed by atoms with E-state index < -0.39 is 5.82 Å². The lowest BCUT2D eigenvalue weighted by Gasteiger charge is -2.09. The molecule has 4 heteroatoms. The quantitative estimate of drug-likeness (QED) is 0.728. The average Bonchev–Trinajstić information content (AvgIpc) is 2.23. The topological polar surface area (TPSA) is 48.1 Å². The summed E-state index contributed by atoms with van der Waals surface area (Å²) in [6, 6.07) is 3.19. The second-order valence-electron chi connectivity index (χ2n) is 3.33. The van der Waals surface area contributed by atoms with Gasteiger partial charge in [0, 0.05) is 17.6 Å². The van der Waals surface area contributed by atoms with Crippen molar-refractivity contribution in [3.8, 4) is 5.75 Å². The van der Waals surface area contributed by atoms with E-state index in [4.69, 9.17) is 10.5 Å². The molecule has 0 aliphatic rings. The summed E-state index contributed by atoms with van der Waals surface area (Å²) < 4.78 is 18.8. The number of nitrogens with two attached hydrogens (primary N) is 1. The summed E-state index contributed by atoms with van der Waals surface area (Å²) in [5, 5.41) is 0.425. The predicted molar refractivity (Wildman–Crippen MR) is 57.4 cm³/mol. The molecular weight excluding hydrogens is 195 g/mol. The van der Waals surface area contributed by atoms with Crippen LogP contribution in [0.1, 0.15) is 5.56 Å². The third-order valence-electron chi connectivity index (χ3n) is 2.38. The van der Waals surface area contributed by atoms with Crippen LogP contribution in [0.3, 0.4) is 0 Å². The molecule has 78 valence electrons. The first kappa shape index (κ1) is 9.71. The number of anilines is 1. The Kier molecular flexibility index (Phi) is 2.19. The average molecular weight is 206 g/mol. The van der Waals surface area contributed by atoms with Crippen molar-refractivity contribution in [1.82, 2.24) is 4.98 Å². The van der Waals surface area contributed by atoms with Crippen LogP contribution in [0.5, 0.6) is 5.75 Å². The first-order chi connectivity index (χ1) is 7.15. The van der Waals surface area contributed by atoms with Crippen molar-refractivity contribution in [1.29, 1.82) is 0 Å². The van der Waals surface area contributed by atoms with Crippen molar-refractivity contribution in [2.75, 3.05) is 12.8 Å². The number of fused-ring (bicyclic) bond motifs is 1. The lowest BCUT2D eigenvalue weighted by Crippen LogP contribution is -1.97. The highest BCUT2D eigenvalue weighted by atomic mass is 19.1. The number of pyridine rings is 1. The fraction of sp³-hybridized carbons (Fsp3) is 0.182. The maximum Gasteiger partial charge on any atom is 0.174 e. The van der Waals surface area contributed by atoms with Gasteiger partial charge in [-0.15, -0.1) is 0 Å². The van der Waals surface area contributed by atoms with E-state index in [1.54, 1.807) is 12.3 Å². The van der Waals surface area contributed by atoms with Crippen LogP contribution < -0.4 is 10.5 Å². The van der Waals surface area contributed by atoms with Crippen LogP contribution in [0, 0.1) is 12.7 Å². The number of aromatic nitrogens is 1. The van der Waals surface area contributed by atoms with Gasteiger partial charge >= 0.3 is 0 Å². The lowest BCUT2D eigenvalue weighted by molar-refractivity contribution is 0.389. The number of nitrogen functional groups attached to an aromatic ring is 1. The Morgan fingerprint density at radius 3 is 2.87 bits per heavy atom. The molecule has 2 aromatic rings. The molecule has 0 bridgehead atoms. The van der Waals surface area contributed by atoms with Crippen LogP contribution in [0.15, 0.2) is 18.3 Å². The molecule has 3 nitrogen and oxygen atoms in total. The molecular formula is C11H11FN2O. The molecule has 0 aliphatic carbocycles. The zero-order valence-electron chi connectivity index (χ0n) is 8.54. The second-order valence-corrected chi connectivity index (χ2v) is 3.33. The van der Waals surface area contributed by atoms with Crippen molar-refractivity contribution < 1.29 is 9.13 Å². The third-order valence-corrected chi connectivity index (χ3v) is 2.38. The van der Waals surface area contributed by atoms with E-state index in [1.807, 2.05) is 6.92 Å². The van der Waals surface area contributed by atoms with Gasteiger partial charge in [0.05, 0.1) is 18.3 Å². The van der Waals surface area contributed by atoms with Crippen LogP contribution in [0.25, 0.3) is 10.9 Å². The van der Waals surface area contributed by atoms with E-state index in [0.717, 1.165) is 5.56 Å². The van der Waals surface area contributed by atoms with E-state index >= 15 is 0 Å². The van der Waals surface area contributed by atoms with E-state index in [2.05, 4.69) is 4.98 Å². The van der Waals surface area contributed by atoms with Gasteiger partial charge < -0.3 is 10.5 Å². The summed E-state index contributed by atoms with van der Waals surface area (Å²) in [6.45, 7) is 1.81. The molecule has 0 saturated carbocycles. The zero-order chi connectivity index (χ0) is 11.0. The first-order valence-corrected chi connectivity index (χ1v) is 4.52. The number of nitrogens with zero attached hydrogens (tertiary/aromatic N) is 1. The molecule has 0 saturated heterocycles. The maximum absolute atomic E-state index is 13.9. The number of ether oxygens (including phenoxy) is 1. The number of halogens is 1. The van der Waals surface area contributed by atoms with E-state index in [9.17, 15) is 4.39 Å². The SMILES string of the molecule is COc1cc(N)c2nccc(C)c2c1F. The number of methoxy groups -OCH3 is 1. The standard InChI is InChI=1S/C11H11FN2O/c1-6-3-4-14-11-7(13)5-8(15-2)10(12)9(6)11/h3-5H,13H2,1-2H3. The number of hydrogen-bond acceptors (Lipinski definition) is 3. The normalized spacial score (nSPS) is 10.6. The molecule has 0 unspecified atom stereocenters. The fourth-order valence-electron chi connectivity index (χ4n) is 1.60. The lowest BCUT2D eigenvalue weighted by atomic mass is 10.1. The van der Waals surface area contributed by atoms with E-state index in [1.165, 1.54) is 13.2 Å². The molecule has 0 radical (unpaired) electrons. The summed E-state index contributed by atoms with van der Waals surface area (Å²) in [6.07, 6.45) is 1.61. The van der Waals surface area contributed by atoms with Gasteiger partial charge in [0.2, 0.25) is 0 Å². The van der Waals surface area contributed by atoms with Gasteiger partial charge in [-0.05, 0) is 18.6 Å². The fourth-order valence-corrected chi connectivity index (χ4v) is 1.60. The van der Waals surface area contributed by atoms with Gasteiger partial charge in [-0.3, -0.25) is 4.98 Å². The minimum atomic E-state index is -0.410. The number of hydrogen-bond donors (Lipinski definition) is 1. The van der Waals surface area contributed by atoms with Crippen molar-refractivity contribution >= 4 is 16.6 Å². The Bertz CT molecular complexity index is 525. The van der Waals surface area contributed by atoms with Crippen LogP contribution in [-0.2, 0) is 0 Å². The molecule has 1 heterocycles. The van der Waals surface area contributed by atoms with Gasteiger partial charge in [0.15, 0.2) is 11.6 Å². The smallest absolute Gasteiger partial charge is 0.174 e. The first-order valence-electron chi connectivity index (χ1n) is 4.52. The zero-order valence-corrected chi connectivity index (χ0v) is 8.54. The molecule has 2 N–H and O–H groups in total. The molecule has 0 fully saturated rings. The minimum absolute atomic E-state index is 0.149. The highest BCUT2D eigenvalue weighted by Crippen LogP contribution is 2.31. The summed E-state index contributed by atoms with van der Waals surface area (Å²) >= 11 is 0. The molecule has 0 amide bonds. The van der Waals surface area contributed by atoms with Gasteiger partial charge in [0.1, 0.15) is 0 Å². The molecule has 0 aliphatic heterocycles. The summed E-state index contributed by atoms with van der Waals surface area (Å²) in [4.78, 5) is 4.06. The Labute approximate surface area is 86.7 Å². The molecule has 0 spiro atoms. The Morgan fingerprint density at radius 1 is 1.47 bits per heavy atom. The van der Waals surface area contributed by atoms with E-state index in [-0.39, 0.29) is 5.75 Å². The third kappa shape index (κ3) is 1.38.